The van der Waals surface area contributed by atoms with Crippen molar-refractivity contribution in [2.45, 2.75) is 65.2 Å². The zero-order chi connectivity index (χ0) is 15.2. The molecule has 0 fully saturated rings. The minimum Gasteiger partial charge on any atom is -0.494 e. The van der Waals surface area contributed by atoms with Gasteiger partial charge in [0.1, 0.15) is 5.75 Å². The van der Waals surface area contributed by atoms with Crippen LogP contribution < -0.4 is 10.1 Å². The minimum atomic E-state index is 0.844. The van der Waals surface area contributed by atoms with E-state index in [1.165, 1.54) is 50.5 Å². The predicted octanol–water partition coefficient (Wildman–Crippen LogP) is 4.97. The molecular weight excluding hydrogens is 258 g/mol. The Balaban J connectivity index is 1.99. The Hall–Kier alpha value is -1.02. The molecule has 0 unspecified atom stereocenters. The SMILES string of the molecule is CCCCc1ccc(OCCCCCCNCCC)cc1. The monoisotopic (exact) mass is 291 g/mol. The molecule has 120 valence electrons. The van der Waals surface area contributed by atoms with Gasteiger partial charge in [0.05, 0.1) is 6.61 Å². The van der Waals surface area contributed by atoms with Crippen molar-refractivity contribution in [3.8, 4) is 5.75 Å². The van der Waals surface area contributed by atoms with E-state index >= 15 is 0 Å². The Morgan fingerprint density at radius 1 is 0.810 bits per heavy atom. The molecule has 1 aromatic rings. The van der Waals surface area contributed by atoms with Crippen molar-refractivity contribution in [2.75, 3.05) is 19.7 Å². The Morgan fingerprint density at radius 2 is 1.57 bits per heavy atom. The summed E-state index contributed by atoms with van der Waals surface area (Å²) in [7, 11) is 0. The second-order valence-electron chi connectivity index (χ2n) is 5.76. The lowest BCUT2D eigenvalue weighted by Crippen LogP contribution is -2.15. The average Bonchev–Trinajstić information content (AvgIpc) is 2.52. The maximum Gasteiger partial charge on any atom is 0.119 e. The summed E-state index contributed by atoms with van der Waals surface area (Å²) in [6, 6.07) is 8.62. The fourth-order valence-corrected chi connectivity index (χ4v) is 2.33. The quantitative estimate of drug-likeness (QED) is 0.518. The molecule has 0 aromatic heterocycles. The normalized spacial score (nSPS) is 10.8. The molecule has 2 nitrogen and oxygen atoms in total. The minimum absolute atomic E-state index is 0.844. The van der Waals surface area contributed by atoms with Crippen LogP contribution in [-0.4, -0.2) is 19.7 Å². The first-order valence-electron chi connectivity index (χ1n) is 8.79. The Morgan fingerprint density at radius 3 is 2.29 bits per heavy atom. The van der Waals surface area contributed by atoms with Crippen molar-refractivity contribution in [1.29, 1.82) is 0 Å². The summed E-state index contributed by atoms with van der Waals surface area (Å²) >= 11 is 0. The lowest BCUT2D eigenvalue weighted by atomic mass is 10.1. The van der Waals surface area contributed by atoms with Crippen LogP contribution in [0.4, 0.5) is 0 Å². The van der Waals surface area contributed by atoms with Gasteiger partial charge >= 0.3 is 0 Å². The van der Waals surface area contributed by atoms with Crippen molar-refractivity contribution in [3.05, 3.63) is 29.8 Å². The van der Waals surface area contributed by atoms with Crippen molar-refractivity contribution >= 4 is 0 Å². The van der Waals surface area contributed by atoms with Crippen LogP contribution in [0.15, 0.2) is 24.3 Å². The highest BCUT2D eigenvalue weighted by Gasteiger charge is 1.96. The summed E-state index contributed by atoms with van der Waals surface area (Å²) in [6.07, 6.45) is 9.95. The van der Waals surface area contributed by atoms with Crippen molar-refractivity contribution in [3.63, 3.8) is 0 Å². The molecule has 21 heavy (non-hydrogen) atoms. The third-order valence-corrected chi connectivity index (χ3v) is 3.69. The van der Waals surface area contributed by atoms with Crippen LogP contribution in [0.2, 0.25) is 0 Å². The molecule has 2 heteroatoms. The Bertz CT molecular complexity index is 334. The number of unbranched alkanes of at least 4 members (excludes halogenated alkanes) is 4. The zero-order valence-corrected chi connectivity index (χ0v) is 14.0. The zero-order valence-electron chi connectivity index (χ0n) is 14.0. The van der Waals surface area contributed by atoms with Crippen LogP contribution in [0.3, 0.4) is 0 Å². The molecule has 0 bridgehead atoms. The molecule has 0 atom stereocenters. The first-order valence-corrected chi connectivity index (χ1v) is 8.79. The third kappa shape index (κ3) is 9.52. The molecule has 0 amide bonds. The van der Waals surface area contributed by atoms with Crippen LogP contribution in [0.5, 0.6) is 5.75 Å². The van der Waals surface area contributed by atoms with Crippen LogP contribution in [0, 0.1) is 0 Å². The van der Waals surface area contributed by atoms with Gasteiger partial charge in [0.15, 0.2) is 0 Å². The third-order valence-electron chi connectivity index (χ3n) is 3.69. The van der Waals surface area contributed by atoms with E-state index in [1.54, 1.807) is 0 Å². The first kappa shape index (κ1) is 18.0. The maximum atomic E-state index is 5.79. The van der Waals surface area contributed by atoms with E-state index in [0.717, 1.165) is 31.9 Å². The number of hydrogen-bond donors (Lipinski definition) is 1. The summed E-state index contributed by atoms with van der Waals surface area (Å²) in [5, 5.41) is 3.44. The van der Waals surface area contributed by atoms with Crippen LogP contribution >= 0.6 is 0 Å². The molecule has 0 aliphatic heterocycles. The largest absolute Gasteiger partial charge is 0.494 e. The van der Waals surface area contributed by atoms with Crippen molar-refractivity contribution in [2.24, 2.45) is 0 Å². The Labute approximate surface area is 131 Å². The van der Waals surface area contributed by atoms with Gasteiger partial charge < -0.3 is 10.1 Å². The average molecular weight is 291 g/mol. The summed E-state index contributed by atoms with van der Waals surface area (Å²) in [6.45, 7) is 7.60. The van der Waals surface area contributed by atoms with E-state index in [0.29, 0.717) is 0 Å². The highest BCUT2D eigenvalue weighted by atomic mass is 16.5. The van der Waals surface area contributed by atoms with Crippen LogP contribution in [0.25, 0.3) is 0 Å². The topological polar surface area (TPSA) is 21.3 Å². The van der Waals surface area contributed by atoms with E-state index in [-0.39, 0.29) is 0 Å². The van der Waals surface area contributed by atoms with Gasteiger partial charge in [-0.3, -0.25) is 0 Å². The van der Waals surface area contributed by atoms with E-state index in [4.69, 9.17) is 4.74 Å². The lowest BCUT2D eigenvalue weighted by molar-refractivity contribution is 0.304. The number of rotatable bonds is 13. The number of nitrogens with one attached hydrogen (secondary N) is 1. The molecule has 1 rings (SSSR count). The maximum absolute atomic E-state index is 5.79. The van der Waals surface area contributed by atoms with E-state index in [2.05, 4.69) is 43.4 Å². The summed E-state index contributed by atoms with van der Waals surface area (Å²) in [5.41, 5.74) is 1.42. The number of benzene rings is 1. The number of hydrogen-bond acceptors (Lipinski definition) is 2. The van der Waals surface area contributed by atoms with Gasteiger partial charge in [0.25, 0.3) is 0 Å². The second kappa shape index (κ2) is 12.7. The van der Waals surface area contributed by atoms with Gasteiger partial charge in [-0.05, 0) is 62.9 Å². The van der Waals surface area contributed by atoms with Gasteiger partial charge in [-0.15, -0.1) is 0 Å². The molecule has 0 radical (unpaired) electrons. The fraction of sp³-hybridized carbons (Fsp3) is 0.684. The van der Waals surface area contributed by atoms with Crippen LogP contribution in [0.1, 0.15) is 64.4 Å². The molecule has 1 N–H and O–H groups in total. The highest BCUT2D eigenvalue weighted by Crippen LogP contribution is 2.14. The molecule has 0 saturated heterocycles. The van der Waals surface area contributed by atoms with Crippen LogP contribution in [-0.2, 0) is 6.42 Å². The Kier molecular flexibility index (Phi) is 10.9. The highest BCUT2D eigenvalue weighted by molar-refractivity contribution is 5.27. The molecule has 0 heterocycles. The van der Waals surface area contributed by atoms with Crippen molar-refractivity contribution < 1.29 is 4.74 Å². The summed E-state index contributed by atoms with van der Waals surface area (Å²) < 4.78 is 5.79. The van der Waals surface area contributed by atoms with Crippen molar-refractivity contribution in [1.82, 2.24) is 5.32 Å². The van der Waals surface area contributed by atoms with Gasteiger partial charge in [-0.2, -0.15) is 0 Å². The fourth-order valence-electron chi connectivity index (χ4n) is 2.33. The van der Waals surface area contributed by atoms with Gasteiger partial charge in [0, 0.05) is 0 Å². The second-order valence-corrected chi connectivity index (χ2v) is 5.76. The van der Waals surface area contributed by atoms with E-state index in [1.807, 2.05) is 0 Å². The van der Waals surface area contributed by atoms with Gasteiger partial charge in [0.2, 0.25) is 0 Å². The molecule has 0 aliphatic carbocycles. The molecule has 0 saturated carbocycles. The van der Waals surface area contributed by atoms with Gasteiger partial charge in [-0.25, -0.2) is 0 Å². The standard InChI is InChI=1S/C19H33NO/c1-3-5-10-18-11-13-19(14-12-18)21-17-9-7-6-8-16-20-15-4-2/h11-14,20H,3-10,15-17H2,1-2H3. The van der Waals surface area contributed by atoms with E-state index < -0.39 is 0 Å². The summed E-state index contributed by atoms with van der Waals surface area (Å²) in [5.74, 6) is 1.01. The molecule has 0 spiro atoms. The van der Waals surface area contributed by atoms with Gasteiger partial charge in [-0.1, -0.05) is 45.2 Å². The lowest BCUT2D eigenvalue weighted by Gasteiger charge is -2.07. The summed E-state index contributed by atoms with van der Waals surface area (Å²) in [4.78, 5) is 0. The molecule has 1 aromatic carbocycles. The number of aryl methyl sites for hydroxylation is 1. The predicted molar refractivity (Wildman–Crippen MR) is 92.2 cm³/mol. The number of ether oxygens (including phenoxy) is 1. The smallest absolute Gasteiger partial charge is 0.119 e. The van der Waals surface area contributed by atoms with E-state index in [9.17, 15) is 0 Å². The molecular formula is C19H33NO. The first-order chi connectivity index (χ1) is 10.4. The molecule has 0 aliphatic rings.